The molecule has 2 atom stereocenters. The van der Waals surface area contributed by atoms with E-state index in [2.05, 4.69) is 23.8 Å². The average Bonchev–Trinajstić information content (AvgIpc) is 2.45. The summed E-state index contributed by atoms with van der Waals surface area (Å²) in [5.41, 5.74) is 7.06. The standard InChI is InChI=1S/C15H23Cl2N3/c1-3-11-10-20(8-7-19(11)2)14(9-18)12-5-4-6-13(16)15(12)17/h4-6,11,14H,3,7-10,18H2,1-2H3. The van der Waals surface area contributed by atoms with Crippen molar-refractivity contribution in [2.24, 2.45) is 5.73 Å². The van der Waals surface area contributed by atoms with Crippen molar-refractivity contribution in [3.8, 4) is 0 Å². The molecule has 0 bridgehead atoms. The zero-order valence-corrected chi connectivity index (χ0v) is 13.7. The first-order valence-corrected chi connectivity index (χ1v) is 7.92. The van der Waals surface area contributed by atoms with Gasteiger partial charge in [0.15, 0.2) is 0 Å². The minimum Gasteiger partial charge on any atom is -0.329 e. The molecule has 2 N–H and O–H groups in total. The molecule has 1 aromatic rings. The van der Waals surface area contributed by atoms with Gasteiger partial charge >= 0.3 is 0 Å². The SMILES string of the molecule is CCC1CN(C(CN)c2cccc(Cl)c2Cl)CCN1C. The molecular weight excluding hydrogens is 293 g/mol. The quantitative estimate of drug-likeness (QED) is 0.927. The van der Waals surface area contributed by atoms with Gasteiger partial charge < -0.3 is 10.6 Å². The van der Waals surface area contributed by atoms with E-state index < -0.39 is 0 Å². The van der Waals surface area contributed by atoms with Crippen LogP contribution in [0.25, 0.3) is 0 Å². The van der Waals surface area contributed by atoms with Crippen LogP contribution in [0, 0.1) is 0 Å². The molecule has 0 amide bonds. The highest BCUT2D eigenvalue weighted by molar-refractivity contribution is 6.42. The fourth-order valence-corrected chi connectivity index (χ4v) is 3.38. The largest absolute Gasteiger partial charge is 0.329 e. The minimum atomic E-state index is 0.143. The second kappa shape index (κ2) is 7.10. The Morgan fingerprint density at radius 1 is 1.35 bits per heavy atom. The summed E-state index contributed by atoms with van der Waals surface area (Å²) in [4.78, 5) is 4.86. The molecule has 0 spiro atoms. The maximum absolute atomic E-state index is 6.36. The maximum Gasteiger partial charge on any atom is 0.0640 e. The van der Waals surface area contributed by atoms with Crippen molar-refractivity contribution >= 4 is 23.2 Å². The lowest BCUT2D eigenvalue weighted by Gasteiger charge is -2.43. The van der Waals surface area contributed by atoms with E-state index in [0.29, 0.717) is 22.6 Å². The zero-order chi connectivity index (χ0) is 14.7. The number of nitrogens with two attached hydrogens (primary N) is 1. The van der Waals surface area contributed by atoms with Crippen molar-refractivity contribution in [2.45, 2.75) is 25.4 Å². The Labute approximate surface area is 131 Å². The van der Waals surface area contributed by atoms with Gasteiger partial charge in [0, 0.05) is 38.3 Å². The van der Waals surface area contributed by atoms with Gasteiger partial charge in [0.25, 0.3) is 0 Å². The zero-order valence-electron chi connectivity index (χ0n) is 12.1. The molecule has 1 heterocycles. The summed E-state index contributed by atoms with van der Waals surface area (Å²) >= 11 is 12.5. The molecule has 2 unspecified atom stereocenters. The molecule has 2 rings (SSSR count). The molecule has 0 aromatic heterocycles. The normalized spacial score (nSPS) is 22.9. The molecule has 1 saturated heterocycles. The highest BCUT2D eigenvalue weighted by Crippen LogP contribution is 2.33. The van der Waals surface area contributed by atoms with Gasteiger partial charge in [0.05, 0.1) is 10.0 Å². The third kappa shape index (κ3) is 3.29. The Balaban J connectivity index is 2.22. The van der Waals surface area contributed by atoms with Crippen LogP contribution in [-0.2, 0) is 0 Å². The maximum atomic E-state index is 6.36. The number of benzene rings is 1. The Hall–Kier alpha value is -0.320. The lowest BCUT2D eigenvalue weighted by molar-refractivity contribution is 0.0644. The topological polar surface area (TPSA) is 32.5 Å². The highest BCUT2D eigenvalue weighted by atomic mass is 35.5. The number of hydrogen-bond donors (Lipinski definition) is 1. The number of hydrogen-bond acceptors (Lipinski definition) is 3. The molecule has 1 aliphatic rings. The molecule has 1 fully saturated rings. The van der Waals surface area contributed by atoms with E-state index in [1.54, 1.807) is 0 Å². The first-order chi connectivity index (χ1) is 9.58. The van der Waals surface area contributed by atoms with Gasteiger partial charge in [-0.1, -0.05) is 42.3 Å². The van der Waals surface area contributed by atoms with Gasteiger partial charge in [-0.2, -0.15) is 0 Å². The summed E-state index contributed by atoms with van der Waals surface area (Å²) in [6.07, 6.45) is 1.15. The lowest BCUT2D eigenvalue weighted by atomic mass is 10.0. The van der Waals surface area contributed by atoms with Crippen molar-refractivity contribution in [3.63, 3.8) is 0 Å². The number of nitrogens with zero attached hydrogens (tertiary/aromatic N) is 2. The van der Waals surface area contributed by atoms with Gasteiger partial charge in [-0.3, -0.25) is 4.90 Å². The monoisotopic (exact) mass is 315 g/mol. The summed E-state index contributed by atoms with van der Waals surface area (Å²) in [6, 6.07) is 6.52. The number of likely N-dealkylation sites (N-methyl/N-ethyl adjacent to an activating group) is 1. The molecular formula is C15H23Cl2N3. The summed E-state index contributed by atoms with van der Waals surface area (Å²) in [6.45, 7) is 5.89. The molecule has 0 saturated carbocycles. The van der Waals surface area contributed by atoms with Crippen LogP contribution in [0.3, 0.4) is 0 Å². The van der Waals surface area contributed by atoms with E-state index >= 15 is 0 Å². The molecule has 5 heteroatoms. The Morgan fingerprint density at radius 2 is 2.10 bits per heavy atom. The predicted octanol–water partition coefficient (Wildman–Crippen LogP) is 3.02. The van der Waals surface area contributed by atoms with Crippen LogP contribution in [0.5, 0.6) is 0 Å². The van der Waals surface area contributed by atoms with Crippen molar-refractivity contribution in [3.05, 3.63) is 33.8 Å². The van der Waals surface area contributed by atoms with Crippen LogP contribution in [0.1, 0.15) is 24.9 Å². The molecule has 0 radical (unpaired) electrons. The smallest absolute Gasteiger partial charge is 0.0640 e. The molecule has 20 heavy (non-hydrogen) atoms. The fraction of sp³-hybridized carbons (Fsp3) is 0.600. The molecule has 112 valence electrons. The Bertz CT molecular complexity index is 453. The predicted molar refractivity (Wildman–Crippen MR) is 86.5 cm³/mol. The van der Waals surface area contributed by atoms with Gasteiger partial charge in [0.2, 0.25) is 0 Å². The van der Waals surface area contributed by atoms with E-state index in [1.807, 2.05) is 18.2 Å². The van der Waals surface area contributed by atoms with E-state index in [-0.39, 0.29) is 6.04 Å². The Kier molecular flexibility index (Phi) is 5.70. The van der Waals surface area contributed by atoms with Crippen LogP contribution in [0.4, 0.5) is 0 Å². The van der Waals surface area contributed by atoms with Gasteiger partial charge in [-0.15, -0.1) is 0 Å². The van der Waals surface area contributed by atoms with Crippen molar-refractivity contribution in [1.29, 1.82) is 0 Å². The van der Waals surface area contributed by atoms with Gasteiger partial charge in [-0.25, -0.2) is 0 Å². The van der Waals surface area contributed by atoms with Gasteiger partial charge in [0.1, 0.15) is 0 Å². The summed E-state index contributed by atoms with van der Waals surface area (Å²) in [7, 11) is 2.19. The van der Waals surface area contributed by atoms with E-state index in [4.69, 9.17) is 28.9 Å². The molecule has 1 aliphatic heterocycles. The summed E-state index contributed by atoms with van der Waals surface area (Å²) in [5, 5.41) is 1.24. The van der Waals surface area contributed by atoms with Crippen molar-refractivity contribution in [2.75, 3.05) is 33.2 Å². The van der Waals surface area contributed by atoms with Crippen LogP contribution < -0.4 is 5.73 Å². The average molecular weight is 316 g/mol. The minimum absolute atomic E-state index is 0.143. The van der Waals surface area contributed by atoms with Crippen LogP contribution in [0.2, 0.25) is 10.0 Å². The van der Waals surface area contributed by atoms with Crippen molar-refractivity contribution in [1.82, 2.24) is 9.80 Å². The second-order valence-corrected chi connectivity index (χ2v) is 6.22. The Morgan fingerprint density at radius 3 is 2.75 bits per heavy atom. The summed E-state index contributed by atoms with van der Waals surface area (Å²) < 4.78 is 0. The first-order valence-electron chi connectivity index (χ1n) is 7.16. The number of halogens is 2. The van der Waals surface area contributed by atoms with E-state index in [0.717, 1.165) is 31.6 Å². The van der Waals surface area contributed by atoms with Crippen LogP contribution >= 0.6 is 23.2 Å². The molecule has 3 nitrogen and oxygen atoms in total. The summed E-state index contributed by atoms with van der Waals surface area (Å²) in [5.74, 6) is 0. The molecule has 1 aromatic carbocycles. The molecule has 0 aliphatic carbocycles. The van der Waals surface area contributed by atoms with E-state index in [9.17, 15) is 0 Å². The first kappa shape index (κ1) is 16.1. The third-order valence-electron chi connectivity index (χ3n) is 4.28. The van der Waals surface area contributed by atoms with Gasteiger partial charge in [-0.05, 0) is 25.1 Å². The lowest BCUT2D eigenvalue weighted by Crippen LogP contribution is -2.53. The van der Waals surface area contributed by atoms with Crippen LogP contribution in [0.15, 0.2) is 18.2 Å². The third-order valence-corrected chi connectivity index (χ3v) is 5.12. The number of rotatable bonds is 4. The van der Waals surface area contributed by atoms with Crippen LogP contribution in [-0.4, -0.2) is 49.1 Å². The highest BCUT2D eigenvalue weighted by Gasteiger charge is 2.29. The fourth-order valence-electron chi connectivity index (χ4n) is 2.94. The second-order valence-electron chi connectivity index (χ2n) is 5.43. The van der Waals surface area contributed by atoms with E-state index in [1.165, 1.54) is 0 Å². The number of piperazine rings is 1. The van der Waals surface area contributed by atoms with Crippen molar-refractivity contribution < 1.29 is 0 Å².